The van der Waals surface area contributed by atoms with Gasteiger partial charge in [0.05, 0.1) is 11.9 Å². The van der Waals surface area contributed by atoms with Crippen LogP contribution in [0.2, 0.25) is 0 Å². The summed E-state index contributed by atoms with van der Waals surface area (Å²) in [4.78, 5) is 0. The number of hydrogen-bond donors (Lipinski definition) is 2. The first kappa shape index (κ1) is 13.2. The number of hydrogen-bond acceptors (Lipinski definition) is 4. The molecule has 0 spiro atoms. The van der Waals surface area contributed by atoms with Gasteiger partial charge in [0.2, 0.25) is 0 Å². The van der Waals surface area contributed by atoms with Gasteiger partial charge in [-0.25, -0.2) is 8.42 Å². The van der Waals surface area contributed by atoms with Gasteiger partial charge in [-0.1, -0.05) is 24.3 Å². The van der Waals surface area contributed by atoms with Gasteiger partial charge in [0, 0.05) is 12.8 Å². The Morgan fingerprint density at radius 1 is 1.31 bits per heavy atom. The van der Waals surface area contributed by atoms with Crippen LogP contribution in [-0.4, -0.2) is 33.4 Å². The van der Waals surface area contributed by atoms with Crippen LogP contribution in [0.5, 0.6) is 0 Å². The summed E-state index contributed by atoms with van der Waals surface area (Å²) in [5.74, 6) is 0.0371. The molecule has 0 aliphatic rings. The highest BCUT2D eigenvalue weighted by Crippen LogP contribution is 2.14. The van der Waals surface area contributed by atoms with E-state index in [1.807, 2.05) is 0 Å². The Morgan fingerprint density at radius 3 is 2.31 bits per heavy atom. The minimum atomic E-state index is -3.00. The first-order valence-corrected chi connectivity index (χ1v) is 7.07. The summed E-state index contributed by atoms with van der Waals surface area (Å²) in [6, 6.07) is 6.97. The Hall–Kier alpha value is -0.910. The van der Waals surface area contributed by atoms with Crippen LogP contribution in [0.4, 0.5) is 0 Å². The summed E-state index contributed by atoms with van der Waals surface area (Å²) in [5.41, 5.74) is 1.52. The van der Waals surface area contributed by atoms with Crippen molar-refractivity contribution in [3.8, 4) is 0 Å². The van der Waals surface area contributed by atoms with Crippen LogP contribution >= 0.6 is 0 Å². The van der Waals surface area contributed by atoms with Gasteiger partial charge < -0.3 is 10.4 Å². The smallest absolute Gasteiger partial charge is 0.151 e. The van der Waals surface area contributed by atoms with Gasteiger partial charge >= 0.3 is 0 Å². The van der Waals surface area contributed by atoms with E-state index in [0.29, 0.717) is 6.54 Å². The summed E-state index contributed by atoms with van der Waals surface area (Å²) in [6.07, 6.45) is 0.647. The number of rotatable bonds is 5. The van der Waals surface area contributed by atoms with E-state index in [-0.39, 0.29) is 5.75 Å². The number of nitrogens with one attached hydrogen (secondary N) is 1. The van der Waals surface area contributed by atoms with Crippen LogP contribution < -0.4 is 5.32 Å². The van der Waals surface area contributed by atoms with Crippen molar-refractivity contribution in [3.63, 3.8) is 0 Å². The van der Waals surface area contributed by atoms with Gasteiger partial charge in [0.15, 0.2) is 9.84 Å². The standard InChI is InChI=1S/C11H17NO3S/c1-12-7-11(13)10-5-3-9(4-6-10)8-16(2,14)15/h3-6,11-13H,7-8H2,1-2H3. The molecule has 0 aliphatic carbocycles. The predicted molar refractivity (Wildman–Crippen MR) is 63.9 cm³/mol. The minimum absolute atomic E-state index is 0.0371. The van der Waals surface area contributed by atoms with Gasteiger partial charge in [-0.05, 0) is 18.2 Å². The number of benzene rings is 1. The third kappa shape index (κ3) is 4.30. The molecule has 0 aliphatic heterocycles. The fourth-order valence-corrected chi connectivity index (χ4v) is 2.25. The zero-order valence-corrected chi connectivity index (χ0v) is 10.3. The second-order valence-electron chi connectivity index (χ2n) is 3.89. The van der Waals surface area contributed by atoms with Crippen LogP contribution in [0.25, 0.3) is 0 Å². The molecule has 0 radical (unpaired) electrons. The fraction of sp³-hybridized carbons (Fsp3) is 0.455. The van der Waals surface area contributed by atoms with Gasteiger partial charge in [-0.3, -0.25) is 0 Å². The number of aliphatic hydroxyl groups excluding tert-OH is 1. The molecule has 1 unspecified atom stereocenters. The van der Waals surface area contributed by atoms with Crippen molar-refractivity contribution in [2.45, 2.75) is 11.9 Å². The summed E-state index contributed by atoms with van der Waals surface area (Å²) in [5, 5.41) is 12.5. The molecule has 1 aromatic rings. The van der Waals surface area contributed by atoms with Crippen molar-refractivity contribution in [2.75, 3.05) is 19.8 Å². The zero-order chi connectivity index (χ0) is 12.2. The third-order valence-corrected chi connectivity index (χ3v) is 3.05. The SMILES string of the molecule is CNCC(O)c1ccc(CS(C)(=O)=O)cc1. The molecule has 90 valence electrons. The van der Waals surface area contributed by atoms with E-state index in [0.717, 1.165) is 11.1 Å². The summed E-state index contributed by atoms with van der Waals surface area (Å²) >= 11 is 0. The Labute approximate surface area is 96.2 Å². The van der Waals surface area contributed by atoms with E-state index in [2.05, 4.69) is 5.32 Å². The Balaban J connectivity index is 2.75. The van der Waals surface area contributed by atoms with Gasteiger partial charge in [0.25, 0.3) is 0 Å². The number of likely N-dealkylation sites (N-methyl/N-ethyl adjacent to an activating group) is 1. The quantitative estimate of drug-likeness (QED) is 0.789. The second-order valence-corrected chi connectivity index (χ2v) is 6.03. The zero-order valence-electron chi connectivity index (χ0n) is 9.47. The highest BCUT2D eigenvalue weighted by atomic mass is 32.2. The summed E-state index contributed by atoms with van der Waals surface area (Å²) in [6.45, 7) is 0.478. The molecule has 1 rings (SSSR count). The first-order valence-electron chi connectivity index (χ1n) is 5.01. The summed E-state index contributed by atoms with van der Waals surface area (Å²) in [7, 11) is -1.23. The van der Waals surface area contributed by atoms with Crippen molar-refractivity contribution >= 4 is 9.84 Å². The Morgan fingerprint density at radius 2 is 1.88 bits per heavy atom. The highest BCUT2D eigenvalue weighted by molar-refractivity contribution is 7.89. The third-order valence-electron chi connectivity index (χ3n) is 2.19. The van der Waals surface area contributed by atoms with Gasteiger partial charge in [-0.2, -0.15) is 0 Å². The van der Waals surface area contributed by atoms with Crippen molar-refractivity contribution in [2.24, 2.45) is 0 Å². The lowest BCUT2D eigenvalue weighted by atomic mass is 10.1. The number of aliphatic hydroxyl groups is 1. The normalized spacial score (nSPS) is 13.7. The van der Waals surface area contributed by atoms with Crippen LogP contribution in [0.15, 0.2) is 24.3 Å². The average molecular weight is 243 g/mol. The molecule has 0 saturated carbocycles. The molecule has 16 heavy (non-hydrogen) atoms. The van der Waals surface area contributed by atoms with E-state index in [4.69, 9.17) is 0 Å². The van der Waals surface area contributed by atoms with Crippen molar-refractivity contribution in [1.29, 1.82) is 0 Å². The number of sulfone groups is 1. The Bertz CT molecular complexity index is 425. The van der Waals surface area contributed by atoms with Crippen LogP contribution in [0, 0.1) is 0 Å². The Kier molecular flexibility index (Phi) is 4.46. The van der Waals surface area contributed by atoms with Gasteiger partial charge in [0.1, 0.15) is 0 Å². The van der Waals surface area contributed by atoms with Gasteiger partial charge in [-0.15, -0.1) is 0 Å². The first-order chi connectivity index (χ1) is 7.42. The lowest BCUT2D eigenvalue weighted by Crippen LogP contribution is -2.16. The van der Waals surface area contributed by atoms with E-state index in [1.165, 1.54) is 6.26 Å². The molecule has 1 atom stereocenters. The molecule has 0 fully saturated rings. The second kappa shape index (κ2) is 5.43. The lowest BCUT2D eigenvalue weighted by molar-refractivity contribution is 0.178. The van der Waals surface area contributed by atoms with Crippen LogP contribution in [-0.2, 0) is 15.6 Å². The minimum Gasteiger partial charge on any atom is -0.387 e. The molecule has 0 heterocycles. The molecule has 2 N–H and O–H groups in total. The van der Waals surface area contributed by atoms with Crippen molar-refractivity contribution in [1.82, 2.24) is 5.32 Å². The maximum absolute atomic E-state index is 11.1. The van der Waals surface area contributed by atoms with Crippen molar-refractivity contribution < 1.29 is 13.5 Å². The molecule has 0 amide bonds. The van der Waals surface area contributed by atoms with Crippen LogP contribution in [0.3, 0.4) is 0 Å². The largest absolute Gasteiger partial charge is 0.387 e. The maximum Gasteiger partial charge on any atom is 0.151 e. The molecule has 4 nitrogen and oxygen atoms in total. The molecule has 5 heteroatoms. The summed E-state index contributed by atoms with van der Waals surface area (Å²) < 4.78 is 22.1. The van der Waals surface area contributed by atoms with E-state index < -0.39 is 15.9 Å². The molecular formula is C11H17NO3S. The monoisotopic (exact) mass is 243 g/mol. The topological polar surface area (TPSA) is 66.4 Å². The molecule has 1 aromatic carbocycles. The van der Waals surface area contributed by atoms with Crippen LogP contribution in [0.1, 0.15) is 17.2 Å². The van der Waals surface area contributed by atoms with E-state index in [1.54, 1.807) is 31.3 Å². The van der Waals surface area contributed by atoms with Crippen molar-refractivity contribution in [3.05, 3.63) is 35.4 Å². The maximum atomic E-state index is 11.1. The molecule has 0 aromatic heterocycles. The fourth-order valence-electron chi connectivity index (χ4n) is 1.45. The molecular weight excluding hydrogens is 226 g/mol. The average Bonchev–Trinajstić information content (AvgIpc) is 2.16. The predicted octanol–water partition coefficient (Wildman–Crippen LogP) is 0.484. The lowest BCUT2D eigenvalue weighted by Gasteiger charge is -2.10. The molecule has 0 saturated heterocycles. The van der Waals surface area contributed by atoms with E-state index in [9.17, 15) is 13.5 Å². The molecule has 0 bridgehead atoms. The highest BCUT2D eigenvalue weighted by Gasteiger charge is 2.08. The van der Waals surface area contributed by atoms with E-state index >= 15 is 0 Å².